The van der Waals surface area contributed by atoms with Crippen molar-refractivity contribution in [2.45, 2.75) is 13.1 Å². The minimum absolute atomic E-state index is 0.794. The number of likely N-dealkylation sites (N-methyl/N-ethyl adjacent to an activating group) is 1. The fourth-order valence-corrected chi connectivity index (χ4v) is 2.33. The summed E-state index contributed by atoms with van der Waals surface area (Å²) in [6, 6.07) is 6.11. The van der Waals surface area contributed by atoms with Crippen LogP contribution in [-0.4, -0.2) is 37.2 Å². The molecule has 2 rings (SSSR count). The van der Waals surface area contributed by atoms with Gasteiger partial charge in [0.1, 0.15) is 0 Å². The van der Waals surface area contributed by atoms with Crippen LogP contribution in [0.25, 0.3) is 10.9 Å². The second-order valence-corrected chi connectivity index (χ2v) is 5.28. The van der Waals surface area contributed by atoms with Gasteiger partial charge in [0.15, 0.2) is 0 Å². The summed E-state index contributed by atoms with van der Waals surface area (Å²) in [7, 11) is 6.15. The maximum Gasteiger partial charge on any atom is 0.0499 e. The Bertz CT molecular complexity index is 531. The van der Waals surface area contributed by atoms with Crippen LogP contribution in [0.1, 0.15) is 5.56 Å². The van der Waals surface area contributed by atoms with Crippen LogP contribution in [0.2, 0.25) is 5.02 Å². The van der Waals surface area contributed by atoms with Gasteiger partial charge in [-0.1, -0.05) is 17.7 Å². The molecular formula is C14H20ClN3. The van der Waals surface area contributed by atoms with Crippen LogP contribution in [0.3, 0.4) is 0 Å². The molecule has 0 amide bonds. The first-order chi connectivity index (χ1) is 8.61. The van der Waals surface area contributed by atoms with E-state index in [0.717, 1.165) is 24.7 Å². The topological polar surface area (TPSA) is 20.2 Å². The second kappa shape index (κ2) is 5.74. The molecule has 0 bridgehead atoms. The number of nitrogens with one attached hydrogen (secondary N) is 1. The van der Waals surface area contributed by atoms with Gasteiger partial charge in [0.2, 0.25) is 0 Å². The molecule has 0 aliphatic carbocycles. The number of fused-ring (bicyclic) bond motifs is 1. The Hall–Kier alpha value is -1.03. The van der Waals surface area contributed by atoms with Crippen LogP contribution < -0.4 is 5.32 Å². The van der Waals surface area contributed by atoms with E-state index in [4.69, 9.17) is 11.6 Å². The van der Waals surface area contributed by atoms with E-state index in [1.54, 1.807) is 0 Å². The Morgan fingerprint density at radius 2 is 2.11 bits per heavy atom. The smallest absolute Gasteiger partial charge is 0.0499 e. The number of hydrogen-bond acceptors (Lipinski definition) is 2. The maximum absolute atomic E-state index is 6.10. The quantitative estimate of drug-likeness (QED) is 0.897. The van der Waals surface area contributed by atoms with Gasteiger partial charge in [-0.25, -0.2) is 0 Å². The summed E-state index contributed by atoms with van der Waals surface area (Å²) in [5.41, 5.74) is 2.54. The van der Waals surface area contributed by atoms with Crippen molar-refractivity contribution in [3.05, 3.63) is 35.0 Å². The highest BCUT2D eigenvalue weighted by Crippen LogP contribution is 2.24. The molecule has 0 aliphatic heterocycles. The van der Waals surface area contributed by atoms with Crippen LogP contribution in [-0.2, 0) is 13.1 Å². The Morgan fingerprint density at radius 1 is 1.33 bits per heavy atom. The van der Waals surface area contributed by atoms with Crippen LogP contribution in [0, 0.1) is 0 Å². The van der Waals surface area contributed by atoms with Crippen molar-refractivity contribution in [2.75, 3.05) is 27.7 Å². The third kappa shape index (κ3) is 2.86. The number of rotatable bonds is 5. The van der Waals surface area contributed by atoms with Crippen molar-refractivity contribution in [3.8, 4) is 0 Å². The third-order valence-corrected chi connectivity index (χ3v) is 3.32. The van der Waals surface area contributed by atoms with E-state index in [0.29, 0.717) is 0 Å². The summed E-state index contributed by atoms with van der Waals surface area (Å²) in [6.07, 6.45) is 2.22. The molecule has 1 aromatic heterocycles. The molecule has 98 valence electrons. The highest BCUT2D eigenvalue weighted by molar-refractivity contribution is 6.31. The van der Waals surface area contributed by atoms with E-state index < -0.39 is 0 Å². The standard InChI is InChI=1S/C14H20ClN3/c1-16-9-11-10-18(7-6-17(2)3)14-8-12(15)4-5-13(11)14/h4-5,8,10,16H,6-7,9H2,1-3H3. The molecule has 0 radical (unpaired) electrons. The Kier molecular flexibility index (Phi) is 4.27. The molecular weight excluding hydrogens is 246 g/mol. The van der Waals surface area contributed by atoms with Crippen molar-refractivity contribution < 1.29 is 0 Å². The van der Waals surface area contributed by atoms with Crippen molar-refractivity contribution in [1.82, 2.24) is 14.8 Å². The molecule has 0 fully saturated rings. The average Bonchev–Trinajstić information content (AvgIpc) is 2.65. The van der Waals surface area contributed by atoms with Gasteiger partial charge in [-0.3, -0.25) is 0 Å². The number of benzene rings is 1. The van der Waals surface area contributed by atoms with Gasteiger partial charge in [-0.15, -0.1) is 0 Å². The van der Waals surface area contributed by atoms with Crippen LogP contribution in [0.5, 0.6) is 0 Å². The molecule has 2 aromatic rings. The molecule has 0 saturated heterocycles. The van der Waals surface area contributed by atoms with E-state index in [1.807, 2.05) is 19.2 Å². The molecule has 4 heteroatoms. The second-order valence-electron chi connectivity index (χ2n) is 4.84. The molecule has 0 unspecified atom stereocenters. The lowest BCUT2D eigenvalue weighted by Gasteiger charge is -2.11. The first-order valence-corrected chi connectivity index (χ1v) is 6.56. The Morgan fingerprint density at radius 3 is 2.78 bits per heavy atom. The number of nitrogens with zero attached hydrogens (tertiary/aromatic N) is 2. The minimum atomic E-state index is 0.794. The van der Waals surface area contributed by atoms with Crippen molar-refractivity contribution in [3.63, 3.8) is 0 Å². The van der Waals surface area contributed by atoms with Gasteiger partial charge < -0.3 is 14.8 Å². The summed E-state index contributed by atoms with van der Waals surface area (Å²) < 4.78 is 2.29. The molecule has 0 spiro atoms. The van der Waals surface area contributed by atoms with Crippen molar-refractivity contribution >= 4 is 22.5 Å². The normalized spacial score (nSPS) is 11.6. The third-order valence-electron chi connectivity index (χ3n) is 3.08. The maximum atomic E-state index is 6.10. The van der Waals surface area contributed by atoms with Crippen molar-refractivity contribution in [1.29, 1.82) is 0 Å². The molecule has 1 heterocycles. The van der Waals surface area contributed by atoms with Gasteiger partial charge in [0.25, 0.3) is 0 Å². The number of hydrogen-bond donors (Lipinski definition) is 1. The zero-order chi connectivity index (χ0) is 13.1. The average molecular weight is 266 g/mol. The molecule has 0 atom stereocenters. The summed E-state index contributed by atoms with van der Waals surface area (Å²) in [6.45, 7) is 2.88. The van der Waals surface area contributed by atoms with Crippen LogP contribution in [0.4, 0.5) is 0 Å². The molecule has 1 aromatic carbocycles. The van der Waals surface area contributed by atoms with E-state index in [2.05, 4.69) is 41.1 Å². The lowest BCUT2D eigenvalue weighted by atomic mass is 10.2. The first-order valence-electron chi connectivity index (χ1n) is 6.18. The predicted molar refractivity (Wildman–Crippen MR) is 78.3 cm³/mol. The van der Waals surface area contributed by atoms with Gasteiger partial charge >= 0.3 is 0 Å². The Balaban J connectivity index is 2.41. The lowest BCUT2D eigenvalue weighted by molar-refractivity contribution is 0.387. The van der Waals surface area contributed by atoms with E-state index in [-0.39, 0.29) is 0 Å². The van der Waals surface area contributed by atoms with E-state index in [1.165, 1.54) is 16.5 Å². The lowest BCUT2D eigenvalue weighted by Crippen LogP contribution is -2.18. The predicted octanol–water partition coefficient (Wildman–Crippen LogP) is 2.58. The highest BCUT2D eigenvalue weighted by Gasteiger charge is 2.08. The SMILES string of the molecule is CNCc1cn(CCN(C)C)c2cc(Cl)ccc12. The molecule has 1 N–H and O–H groups in total. The largest absolute Gasteiger partial charge is 0.346 e. The summed E-state index contributed by atoms with van der Waals surface area (Å²) >= 11 is 6.10. The molecule has 18 heavy (non-hydrogen) atoms. The summed E-state index contributed by atoms with van der Waals surface area (Å²) in [5, 5.41) is 5.29. The number of aromatic nitrogens is 1. The number of halogens is 1. The zero-order valence-corrected chi connectivity index (χ0v) is 12.0. The van der Waals surface area contributed by atoms with Crippen LogP contribution in [0.15, 0.2) is 24.4 Å². The minimum Gasteiger partial charge on any atom is -0.346 e. The van der Waals surface area contributed by atoms with Crippen LogP contribution >= 0.6 is 11.6 Å². The summed E-state index contributed by atoms with van der Waals surface area (Å²) in [4.78, 5) is 2.19. The van der Waals surface area contributed by atoms with Gasteiger partial charge in [-0.2, -0.15) is 0 Å². The summed E-state index contributed by atoms with van der Waals surface area (Å²) in [5.74, 6) is 0. The zero-order valence-electron chi connectivity index (χ0n) is 11.2. The monoisotopic (exact) mass is 265 g/mol. The fraction of sp³-hybridized carbons (Fsp3) is 0.429. The van der Waals surface area contributed by atoms with E-state index in [9.17, 15) is 0 Å². The van der Waals surface area contributed by atoms with Gasteiger partial charge in [0, 0.05) is 41.8 Å². The van der Waals surface area contributed by atoms with Gasteiger partial charge in [0.05, 0.1) is 0 Å². The first kappa shape index (κ1) is 13.4. The van der Waals surface area contributed by atoms with Gasteiger partial charge in [-0.05, 0) is 38.8 Å². The van der Waals surface area contributed by atoms with E-state index >= 15 is 0 Å². The Labute approximate surface area is 113 Å². The highest BCUT2D eigenvalue weighted by atomic mass is 35.5. The molecule has 0 saturated carbocycles. The van der Waals surface area contributed by atoms with Crippen molar-refractivity contribution in [2.24, 2.45) is 0 Å². The molecule has 0 aliphatic rings. The fourth-order valence-electron chi connectivity index (χ4n) is 2.17. The molecule has 3 nitrogen and oxygen atoms in total.